The van der Waals surface area contributed by atoms with Crippen LogP contribution in [0, 0.1) is 11.8 Å². The lowest BCUT2D eigenvalue weighted by atomic mass is 10.0. The van der Waals surface area contributed by atoms with E-state index >= 15 is 0 Å². The maximum Gasteiger partial charge on any atom is 0.502 e. The number of phosphoric acid groups is 1. The lowest BCUT2D eigenvalue weighted by Gasteiger charge is -2.29. The number of rotatable bonds is 22. The van der Waals surface area contributed by atoms with Crippen LogP contribution in [0.4, 0.5) is 0 Å². The molecular formula is C26H53O10P. The summed E-state index contributed by atoms with van der Waals surface area (Å²) in [5.41, 5.74) is 0. The second-order valence-electron chi connectivity index (χ2n) is 10.8. The van der Waals surface area contributed by atoms with Crippen LogP contribution in [0.2, 0.25) is 0 Å². The highest BCUT2D eigenvalue weighted by Gasteiger charge is 2.42. The zero-order valence-corrected chi connectivity index (χ0v) is 24.6. The largest absolute Gasteiger partial charge is 0.502 e. The van der Waals surface area contributed by atoms with Gasteiger partial charge in [-0.3, -0.25) is 4.52 Å². The van der Waals surface area contributed by atoms with E-state index in [2.05, 4.69) is 47.5 Å². The first-order chi connectivity index (χ1) is 17.7. The second-order valence-corrected chi connectivity index (χ2v) is 12.1. The first kappa shape index (κ1) is 34.9. The third kappa shape index (κ3) is 20.4. The molecule has 1 rings (SSSR count). The Balaban J connectivity index is 2.34. The Morgan fingerprint density at radius 3 is 1.57 bits per heavy atom. The van der Waals surface area contributed by atoms with Crippen molar-refractivity contribution < 1.29 is 48.1 Å². The van der Waals surface area contributed by atoms with Crippen molar-refractivity contribution >= 4 is 7.82 Å². The highest BCUT2D eigenvalue weighted by atomic mass is 31.2. The third-order valence-corrected chi connectivity index (χ3v) is 6.95. The van der Waals surface area contributed by atoms with E-state index in [-0.39, 0.29) is 13.2 Å². The maximum absolute atomic E-state index is 11.9. The first-order valence-corrected chi connectivity index (χ1v) is 15.9. The molecule has 1 fully saturated rings. The molecule has 0 amide bonds. The Kier molecular flexibility index (Phi) is 20.4. The topological polar surface area (TPSA) is 111 Å². The van der Waals surface area contributed by atoms with Gasteiger partial charge in [-0.25, -0.2) is 4.57 Å². The van der Waals surface area contributed by atoms with Crippen LogP contribution in [0.15, 0.2) is 0 Å². The highest BCUT2D eigenvalue weighted by Crippen LogP contribution is 2.45. The predicted octanol–water partition coefficient (Wildman–Crippen LogP) is 8.10. The third-order valence-electron chi connectivity index (χ3n) is 6.24. The van der Waals surface area contributed by atoms with Crippen LogP contribution in [-0.4, -0.2) is 30.7 Å². The van der Waals surface area contributed by atoms with Crippen LogP contribution >= 0.6 is 7.82 Å². The lowest BCUT2D eigenvalue weighted by molar-refractivity contribution is -0.725. The van der Waals surface area contributed by atoms with Gasteiger partial charge >= 0.3 is 13.8 Å². The SMILES string of the molecule is CC(C)CCCCCCCCCOC1(OCCCCCCCCCC(C)C)COP(=O)(O)OOOOO1. The molecule has 10 nitrogen and oxygen atoms in total. The fourth-order valence-corrected chi connectivity index (χ4v) is 4.51. The van der Waals surface area contributed by atoms with Crippen LogP contribution in [0.3, 0.4) is 0 Å². The van der Waals surface area contributed by atoms with Crippen molar-refractivity contribution in [1.29, 1.82) is 0 Å². The molecule has 1 aliphatic rings. The van der Waals surface area contributed by atoms with Crippen molar-refractivity contribution in [2.24, 2.45) is 11.8 Å². The molecule has 0 aromatic rings. The summed E-state index contributed by atoms with van der Waals surface area (Å²) in [4.78, 5) is 14.7. The van der Waals surface area contributed by atoms with Gasteiger partial charge in [0, 0.05) is 0 Å². The zero-order chi connectivity index (χ0) is 27.2. The monoisotopic (exact) mass is 556 g/mol. The Hall–Kier alpha value is -0.130. The van der Waals surface area contributed by atoms with Crippen LogP contribution in [0.1, 0.15) is 130 Å². The van der Waals surface area contributed by atoms with Crippen LogP contribution in [-0.2, 0) is 43.2 Å². The van der Waals surface area contributed by atoms with E-state index < -0.39 is 20.4 Å². The highest BCUT2D eigenvalue weighted by molar-refractivity contribution is 7.47. The van der Waals surface area contributed by atoms with Gasteiger partial charge in [-0.2, -0.15) is 0 Å². The van der Waals surface area contributed by atoms with E-state index in [1.807, 2.05) is 0 Å². The Morgan fingerprint density at radius 2 is 1.11 bits per heavy atom. The minimum Gasteiger partial charge on any atom is -0.324 e. The number of hydrogen-bond donors (Lipinski definition) is 1. The van der Waals surface area contributed by atoms with E-state index in [4.69, 9.17) is 18.9 Å². The molecule has 1 saturated heterocycles. The Labute approximate surface area is 224 Å². The maximum atomic E-state index is 11.9. The molecule has 222 valence electrons. The summed E-state index contributed by atoms with van der Waals surface area (Å²) in [7, 11) is -4.57. The normalized spacial score (nSPS) is 20.7. The zero-order valence-electron chi connectivity index (χ0n) is 23.7. The molecule has 11 heteroatoms. The smallest absolute Gasteiger partial charge is 0.324 e. The van der Waals surface area contributed by atoms with E-state index in [1.165, 1.54) is 64.2 Å². The van der Waals surface area contributed by atoms with Crippen LogP contribution < -0.4 is 0 Å². The molecule has 1 unspecified atom stereocenters. The standard InChI is InChI=1S/C26H53O10P/c1-24(2)19-15-11-7-5-9-13-17-21-29-26(23-31-37(27,28)36-35-34-33-32-26)30-22-18-14-10-6-8-12-16-20-25(3)4/h24-25H,5-23H2,1-4H3,(H,27,28). The molecule has 0 radical (unpaired) electrons. The quantitative estimate of drug-likeness (QED) is 0.0607. The first-order valence-electron chi connectivity index (χ1n) is 14.4. The van der Waals surface area contributed by atoms with Gasteiger partial charge in [0.25, 0.3) is 0 Å². The molecule has 0 spiro atoms. The number of phosphoric ester groups is 1. The molecular weight excluding hydrogens is 503 g/mol. The van der Waals surface area contributed by atoms with Crippen molar-refractivity contribution in [3.8, 4) is 0 Å². The van der Waals surface area contributed by atoms with Gasteiger partial charge < -0.3 is 14.4 Å². The molecule has 0 bridgehead atoms. The fraction of sp³-hybridized carbons (Fsp3) is 1.00. The van der Waals surface area contributed by atoms with Gasteiger partial charge in [-0.05, 0) is 39.8 Å². The van der Waals surface area contributed by atoms with Crippen molar-refractivity contribution in [3.63, 3.8) is 0 Å². The van der Waals surface area contributed by atoms with Crippen LogP contribution in [0.5, 0.6) is 0 Å². The Bertz CT molecular complexity index is 548. The van der Waals surface area contributed by atoms with Crippen molar-refractivity contribution in [2.75, 3.05) is 19.8 Å². The fourth-order valence-electron chi connectivity index (χ4n) is 4.04. The summed E-state index contributed by atoms with van der Waals surface area (Å²) >= 11 is 0. The summed E-state index contributed by atoms with van der Waals surface area (Å²) in [6.07, 6.45) is 18.3. The summed E-state index contributed by atoms with van der Waals surface area (Å²) < 4.78 is 32.5. The number of unbranched alkanes of at least 4 members (excludes halogenated alkanes) is 12. The minimum atomic E-state index is -4.57. The van der Waals surface area contributed by atoms with E-state index in [9.17, 15) is 9.46 Å². The van der Waals surface area contributed by atoms with Gasteiger partial charge in [0.2, 0.25) is 0 Å². The molecule has 0 aromatic heterocycles. The van der Waals surface area contributed by atoms with E-state index in [1.54, 1.807) is 0 Å². The predicted molar refractivity (Wildman–Crippen MR) is 139 cm³/mol. The minimum absolute atomic E-state index is 0.286. The molecule has 0 aromatic carbocycles. The van der Waals surface area contributed by atoms with E-state index in [0.717, 1.165) is 50.4 Å². The average Bonchev–Trinajstić information content (AvgIpc) is 2.91. The molecule has 1 heterocycles. The number of hydrogen-bond acceptors (Lipinski definition) is 9. The van der Waals surface area contributed by atoms with Gasteiger partial charge in [0.1, 0.15) is 6.61 Å². The van der Waals surface area contributed by atoms with Crippen molar-refractivity contribution in [1.82, 2.24) is 0 Å². The molecule has 37 heavy (non-hydrogen) atoms. The van der Waals surface area contributed by atoms with E-state index in [0.29, 0.717) is 0 Å². The molecule has 1 aliphatic heterocycles. The molecule has 0 saturated carbocycles. The van der Waals surface area contributed by atoms with Gasteiger partial charge in [-0.1, -0.05) is 122 Å². The summed E-state index contributed by atoms with van der Waals surface area (Å²) in [6.45, 7) is 9.04. The van der Waals surface area contributed by atoms with Crippen molar-refractivity contribution in [2.45, 2.75) is 136 Å². The molecule has 0 aliphatic carbocycles. The van der Waals surface area contributed by atoms with Crippen molar-refractivity contribution in [3.05, 3.63) is 0 Å². The average molecular weight is 557 g/mol. The lowest BCUT2D eigenvalue weighted by Crippen LogP contribution is -2.44. The van der Waals surface area contributed by atoms with Gasteiger partial charge in [0.15, 0.2) is 0 Å². The summed E-state index contributed by atoms with van der Waals surface area (Å²) in [5, 5.41) is 12.6. The number of ether oxygens (including phenoxy) is 2. The van der Waals surface area contributed by atoms with Gasteiger partial charge in [0.05, 0.1) is 13.2 Å². The summed E-state index contributed by atoms with van der Waals surface area (Å²) in [5.74, 6) is -0.345. The Morgan fingerprint density at radius 1 is 0.676 bits per heavy atom. The summed E-state index contributed by atoms with van der Waals surface area (Å²) in [6, 6.07) is 0. The molecule has 1 N–H and O–H groups in total. The second kappa shape index (κ2) is 21.7. The van der Waals surface area contributed by atoms with Gasteiger partial charge in [-0.15, -0.1) is 4.89 Å². The van der Waals surface area contributed by atoms with Crippen LogP contribution in [0.25, 0.3) is 0 Å². The molecule has 1 atom stereocenters.